The van der Waals surface area contributed by atoms with Gasteiger partial charge in [-0.15, -0.1) is 0 Å². The highest BCUT2D eigenvalue weighted by Gasteiger charge is 2.26. The van der Waals surface area contributed by atoms with Gasteiger partial charge < -0.3 is 15.5 Å². The van der Waals surface area contributed by atoms with Crippen LogP contribution in [0.4, 0.5) is 4.39 Å². The maximum absolute atomic E-state index is 13.6. The van der Waals surface area contributed by atoms with Gasteiger partial charge in [0.2, 0.25) is 0 Å². The molecule has 0 aromatic heterocycles. The van der Waals surface area contributed by atoms with Crippen molar-refractivity contribution in [2.24, 2.45) is 4.99 Å². The molecule has 0 radical (unpaired) electrons. The van der Waals surface area contributed by atoms with Gasteiger partial charge in [0, 0.05) is 41.4 Å². The van der Waals surface area contributed by atoms with Crippen molar-refractivity contribution < 1.29 is 8.60 Å². The highest BCUT2D eigenvalue weighted by atomic mass is 32.2. The Labute approximate surface area is 165 Å². The van der Waals surface area contributed by atoms with E-state index in [0.29, 0.717) is 6.54 Å². The zero-order valence-corrected chi connectivity index (χ0v) is 17.7. The van der Waals surface area contributed by atoms with Crippen molar-refractivity contribution in [3.63, 3.8) is 0 Å². The molecule has 152 valence electrons. The number of nitrogens with one attached hydrogen (secondary N) is 2. The number of guanidine groups is 1. The topological polar surface area (TPSA) is 56.7 Å². The SMILES string of the molecule is CCS(=O)C1CCCC(NC(=NC)NCC(c2cccc(F)c2)N(C)C)C1. The molecular formula is C20H33FN4OS. The van der Waals surface area contributed by atoms with Gasteiger partial charge in [-0.1, -0.05) is 25.5 Å². The largest absolute Gasteiger partial charge is 0.354 e. The molecule has 27 heavy (non-hydrogen) atoms. The molecule has 1 aromatic rings. The van der Waals surface area contributed by atoms with Crippen LogP contribution in [0.15, 0.2) is 29.3 Å². The number of benzene rings is 1. The van der Waals surface area contributed by atoms with Crippen LogP contribution in [-0.2, 0) is 10.8 Å². The zero-order chi connectivity index (χ0) is 19.8. The Hall–Kier alpha value is -1.47. The van der Waals surface area contributed by atoms with E-state index in [-0.39, 0.29) is 23.2 Å². The van der Waals surface area contributed by atoms with Crippen LogP contribution in [0.2, 0.25) is 0 Å². The first-order chi connectivity index (χ1) is 12.9. The third kappa shape index (κ3) is 6.57. The van der Waals surface area contributed by atoms with E-state index < -0.39 is 10.8 Å². The fraction of sp³-hybridized carbons (Fsp3) is 0.650. The summed E-state index contributed by atoms with van der Waals surface area (Å²) in [7, 11) is 4.99. The Bertz CT molecular complexity index is 653. The minimum Gasteiger partial charge on any atom is -0.354 e. The second kappa shape index (κ2) is 10.8. The Morgan fingerprint density at radius 3 is 2.81 bits per heavy atom. The van der Waals surface area contributed by atoms with Gasteiger partial charge >= 0.3 is 0 Å². The minimum atomic E-state index is -0.738. The van der Waals surface area contributed by atoms with E-state index in [0.717, 1.165) is 43.0 Å². The molecule has 5 nitrogen and oxygen atoms in total. The average Bonchev–Trinajstić information content (AvgIpc) is 2.66. The van der Waals surface area contributed by atoms with E-state index in [4.69, 9.17) is 0 Å². The van der Waals surface area contributed by atoms with E-state index in [1.54, 1.807) is 19.2 Å². The third-order valence-electron chi connectivity index (χ3n) is 5.17. The van der Waals surface area contributed by atoms with E-state index >= 15 is 0 Å². The van der Waals surface area contributed by atoms with E-state index in [9.17, 15) is 8.60 Å². The first kappa shape index (κ1) is 21.8. The summed E-state index contributed by atoms with van der Waals surface area (Å²) in [5.41, 5.74) is 0.930. The van der Waals surface area contributed by atoms with Crippen LogP contribution < -0.4 is 10.6 Å². The van der Waals surface area contributed by atoms with Gasteiger partial charge in [-0.05, 0) is 51.1 Å². The van der Waals surface area contributed by atoms with Gasteiger partial charge in [0.15, 0.2) is 5.96 Å². The fourth-order valence-corrected chi connectivity index (χ4v) is 4.99. The molecule has 0 heterocycles. The van der Waals surface area contributed by atoms with Crippen molar-refractivity contribution >= 4 is 16.8 Å². The van der Waals surface area contributed by atoms with E-state index in [1.165, 1.54) is 6.07 Å². The Balaban J connectivity index is 1.94. The van der Waals surface area contributed by atoms with Gasteiger partial charge in [0.1, 0.15) is 5.82 Å². The summed E-state index contributed by atoms with van der Waals surface area (Å²) < 4.78 is 25.7. The summed E-state index contributed by atoms with van der Waals surface area (Å²) in [4.78, 5) is 6.41. The normalized spacial score (nSPS) is 23.1. The lowest BCUT2D eigenvalue weighted by Gasteiger charge is -2.31. The van der Waals surface area contributed by atoms with Crippen LogP contribution in [0.1, 0.15) is 44.2 Å². The summed E-state index contributed by atoms with van der Waals surface area (Å²) in [5.74, 6) is 1.24. The molecule has 0 saturated heterocycles. The molecule has 1 aromatic carbocycles. The first-order valence-electron chi connectivity index (χ1n) is 9.70. The van der Waals surface area contributed by atoms with Gasteiger partial charge in [0.05, 0.1) is 6.04 Å². The number of nitrogens with zero attached hydrogens (tertiary/aromatic N) is 2. The molecule has 0 spiro atoms. The van der Waals surface area contributed by atoms with Crippen molar-refractivity contribution in [1.82, 2.24) is 15.5 Å². The first-order valence-corrected chi connectivity index (χ1v) is 11.1. The van der Waals surface area contributed by atoms with Crippen LogP contribution >= 0.6 is 0 Å². The van der Waals surface area contributed by atoms with Crippen LogP contribution in [0, 0.1) is 5.82 Å². The van der Waals surface area contributed by atoms with Crippen molar-refractivity contribution in [3.05, 3.63) is 35.6 Å². The van der Waals surface area contributed by atoms with Gasteiger partial charge in [-0.25, -0.2) is 4.39 Å². The second-order valence-corrected chi connectivity index (χ2v) is 9.29. The number of aliphatic imine (C=N–C) groups is 1. The number of hydrogen-bond acceptors (Lipinski definition) is 3. The second-order valence-electron chi connectivity index (χ2n) is 7.29. The smallest absolute Gasteiger partial charge is 0.191 e. The molecule has 0 aliphatic heterocycles. The Kier molecular flexibility index (Phi) is 8.70. The van der Waals surface area contributed by atoms with E-state index in [1.807, 2.05) is 27.1 Å². The van der Waals surface area contributed by atoms with Crippen LogP contribution in [0.3, 0.4) is 0 Å². The maximum atomic E-state index is 13.6. The lowest BCUT2D eigenvalue weighted by atomic mass is 9.95. The number of likely N-dealkylation sites (N-methyl/N-ethyl adjacent to an activating group) is 1. The molecular weight excluding hydrogens is 363 g/mol. The van der Waals surface area contributed by atoms with E-state index in [2.05, 4.69) is 20.5 Å². The average molecular weight is 397 g/mol. The molecule has 4 atom stereocenters. The predicted octanol–water partition coefficient (Wildman–Crippen LogP) is 2.67. The molecule has 2 N–H and O–H groups in total. The summed E-state index contributed by atoms with van der Waals surface area (Å²) in [6, 6.07) is 7.04. The molecule has 1 aliphatic rings. The monoisotopic (exact) mass is 396 g/mol. The maximum Gasteiger partial charge on any atom is 0.191 e. The van der Waals surface area contributed by atoms with Crippen LogP contribution in [-0.4, -0.2) is 59.8 Å². The highest BCUT2D eigenvalue weighted by Crippen LogP contribution is 2.23. The quantitative estimate of drug-likeness (QED) is 0.550. The molecule has 0 amide bonds. The lowest BCUT2D eigenvalue weighted by molar-refractivity contribution is 0.296. The Morgan fingerprint density at radius 2 is 2.19 bits per heavy atom. The predicted molar refractivity (Wildman–Crippen MR) is 112 cm³/mol. The van der Waals surface area contributed by atoms with Gasteiger partial charge in [-0.3, -0.25) is 9.20 Å². The van der Waals surface area contributed by atoms with Gasteiger partial charge in [0.25, 0.3) is 0 Å². The van der Waals surface area contributed by atoms with Crippen molar-refractivity contribution in [2.45, 2.75) is 49.9 Å². The molecule has 7 heteroatoms. The lowest BCUT2D eigenvalue weighted by Crippen LogP contribution is -2.48. The molecule has 0 bridgehead atoms. The summed E-state index contributed by atoms with van der Waals surface area (Å²) in [6.07, 6.45) is 4.13. The van der Waals surface area contributed by atoms with Crippen molar-refractivity contribution in [2.75, 3.05) is 33.4 Å². The van der Waals surface area contributed by atoms with Crippen molar-refractivity contribution in [3.8, 4) is 0 Å². The molecule has 1 aliphatic carbocycles. The number of halogens is 1. The Morgan fingerprint density at radius 1 is 1.41 bits per heavy atom. The summed E-state index contributed by atoms with van der Waals surface area (Å²) in [5, 5.41) is 7.14. The number of rotatable bonds is 7. The standard InChI is InChI=1S/C20H33FN4OS/c1-5-27(26)18-11-7-10-17(13-18)24-20(22-2)23-14-19(25(3)4)15-8-6-9-16(21)12-15/h6,8-9,12,17-19H,5,7,10-11,13-14H2,1-4H3,(H2,22,23,24). The molecule has 1 fully saturated rings. The minimum absolute atomic E-state index is 0.0333. The van der Waals surface area contributed by atoms with Crippen LogP contribution in [0.5, 0.6) is 0 Å². The molecule has 2 rings (SSSR count). The van der Waals surface area contributed by atoms with Gasteiger partial charge in [-0.2, -0.15) is 0 Å². The molecule has 4 unspecified atom stereocenters. The fourth-order valence-electron chi connectivity index (χ4n) is 3.64. The highest BCUT2D eigenvalue weighted by molar-refractivity contribution is 7.85. The zero-order valence-electron chi connectivity index (χ0n) is 16.9. The van der Waals surface area contributed by atoms with Crippen LogP contribution in [0.25, 0.3) is 0 Å². The molecule has 1 saturated carbocycles. The van der Waals surface area contributed by atoms with Crippen molar-refractivity contribution in [1.29, 1.82) is 0 Å². The summed E-state index contributed by atoms with van der Waals surface area (Å²) in [6.45, 7) is 2.61. The third-order valence-corrected chi connectivity index (χ3v) is 6.91. The summed E-state index contributed by atoms with van der Waals surface area (Å²) >= 11 is 0. The number of hydrogen-bond donors (Lipinski definition) is 2.